The lowest BCUT2D eigenvalue weighted by atomic mass is 9.85. The summed E-state index contributed by atoms with van der Waals surface area (Å²) in [7, 11) is 0. The topological polar surface area (TPSA) is 26.3 Å². The summed E-state index contributed by atoms with van der Waals surface area (Å²) in [5.74, 6) is -0.233. The number of fused-ring (bicyclic) bond motifs is 1. The van der Waals surface area contributed by atoms with Crippen molar-refractivity contribution in [2.75, 3.05) is 0 Å². The maximum Gasteiger partial charge on any atom is 0.339 e. The molecule has 1 atom stereocenters. The van der Waals surface area contributed by atoms with Crippen molar-refractivity contribution in [1.29, 1.82) is 0 Å². The van der Waals surface area contributed by atoms with Gasteiger partial charge in [0.15, 0.2) is 0 Å². The highest BCUT2D eigenvalue weighted by Gasteiger charge is 2.37. The van der Waals surface area contributed by atoms with Gasteiger partial charge in [0.25, 0.3) is 0 Å². The van der Waals surface area contributed by atoms with E-state index in [1.165, 1.54) is 0 Å². The highest BCUT2D eigenvalue weighted by Crippen LogP contribution is 2.35. The first-order valence-electron chi connectivity index (χ1n) is 6.06. The number of carbonyl (C=O) groups excluding carboxylic acids is 1. The Kier molecular flexibility index (Phi) is 2.44. The van der Waals surface area contributed by atoms with Gasteiger partial charge in [0.05, 0.1) is 5.56 Å². The molecule has 0 saturated heterocycles. The SMILES string of the molecule is CC1(c2ccccc2)Cc2ccccc2C(=O)O1. The third-order valence-corrected chi connectivity index (χ3v) is 3.47. The molecule has 1 aliphatic heterocycles. The largest absolute Gasteiger partial charge is 0.451 e. The van der Waals surface area contributed by atoms with Gasteiger partial charge in [-0.15, -0.1) is 0 Å². The van der Waals surface area contributed by atoms with E-state index in [-0.39, 0.29) is 5.97 Å². The number of rotatable bonds is 1. The molecular formula is C16H14O2. The first kappa shape index (κ1) is 11.0. The molecule has 2 nitrogen and oxygen atoms in total. The number of esters is 1. The Hall–Kier alpha value is -2.09. The Labute approximate surface area is 106 Å². The average molecular weight is 238 g/mol. The van der Waals surface area contributed by atoms with E-state index < -0.39 is 5.60 Å². The van der Waals surface area contributed by atoms with E-state index in [1.54, 1.807) is 0 Å². The summed E-state index contributed by atoms with van der Waals surface area (Å²) < 4.78 is 5.65. The van der Waals surface area contributed by atoms with Crippen LogP contribution in [0.15, 0.2) is 54.6 Å². The molecule has 1 heterocycles. The van der Waals surface area contributed by atoms with Crippen LogP contribution < -0.4 is 0 Å². The van der Waals surface area contributed by atoms with E-state index in [9.17, 15) is 4.79 Å². The summed E-state index contributed by atoms with van der Waals surface area (Å²) in [5, 5.41) is 0. The van der Waals surface area contributed by atoms with E-state index in [0.717, 1.165) is 17.5 Å². The van der Waals surface area contributed by atoms with Crippen molar-refractivity contribution in [3.63, 3.8) is 0 Å². The fourth-order valence-electron chi connectivity index (χ4n) is 2.48. The Morgan fingerprint density at radius 3 is 2.44 bits per heavy atom. The summed E-state index contributed by atoms with van der Waals surface area (Å²) in [6.45, 7) is 1.97. The number of hydrogen-bond acceptors (Lipinski definition) is 2. The van der Waals surface area contributed by atoms with E-state index in [4.69, 9.17) is 4.74 Å². The molecule has 0 saturated carbocycles. The molecule has 90 valence electrons. The Bertz CT molecular complexity index is 589. The maximum atomic E-state index is 12.1. The predicted octanol–water partition coefficient (Wildman–Crippen LogP) is 3.31. The van der Waals surface area contributed by atoms with Crippen LogP contribution in [0.25, 0.3) is 0 Å². The van der Waals surface area contributed by atoms with Gasteiger partial charge in [-0.1, -0.05) is 48.5 Å². The normalized spacial score (nSPS) is 22.2. The Morgan fingerprint density at radius 1 is 1.00 bits per heavy atom. The zero-order valence-electron chi connectivity index (χ0n) is 10.2. The molecule has 2 aromatic rings. The van der Waals surface area contributed by atoms with Gasteiger partial charge >= 0.3 is 5.97 Å². The Balaban J connectivity index is 2.06. The van der Waals surface area contributed by atoms with Gasteiger partial charge in [-0.05, 0) is 24.1 Å². The fraction of sp³-hybridized carbons (Fsp3) is 0.188. The molecule has 0 radical (unpaired) electrons. The maximum absolute atomic E-state index is 12.1. The van der Waals surface area contributed by atoms with Crippen LogP contribution in [0, 0.1) is 0 Å². The molecule has 0 amide bonds. The van der Waals surface area contributed by atoms with Gasteiger partial charge < -0.3 is 4.74 Å². The monoisotopic (exact) mass is 238 g/mol. The standard InChI is InChI=1S/C16H14O2/c1-16(13-8-3-2-4-9-13)11-12-7-5-6-10-14(12)15(17)18-16/h2-10H,11H2,1H3. The van der Waals surface area contributed by atoms with Gasteiger partial charge in [0.2, 0.25) is 0 Å². The van der Waals surface area contributed by atoms with Crippen molar-refractivity contribution in [3.8, 4) is 0 Å². The van der Waals surface area contributed by atoms with Gasteiger partial charge in [0, 0.05) is 6.42 Å². The molecule has 2 heteroatoms. The Morgan fingerprint density at radius 2 is 1.67 bits per heavy atom. The van der Waals surface area contributed by atoms with Gasteiger partial charge in [0.1, 0.15) is 5.60 Å². The van der Waals surface area contributed by atoms with Crippen molar-refractivity contribution < 1.29 is 9.53 Å². The van der Waals surface area contributed by atoms with E-state index in [1.807, 2.05) is 61.5 Å². The van der Waals surface area contributed by atoms with E-state index >= 15 is 0 Å². The van der Waals surface area contributed by atoms with Gasteiger partial charge in [-0.2, -0.15) is 0 Å². The molecule has 0 aliphatic carbocycles. The van der Waals surface area contributed by atoms with Crippen molar-refractivity contribution in [2.24, 2.45) is 0 Å². The summed E-state index contributed by atoms with van der Waals surface area (Å²) in [5.41, 5.74) is 2.21. The smallest absolute Gasteiger partial charge is 0.339 e. The van der Waals surface area contributed by atoms with Crippen LogP contribution in [0.5, 0.6) is 0 Å². The lowest BCUT2D eigenvalue weighted by Gasteiger charge is -2.34. The van der Waals surface area contributed by atoms with Gasteiger partial charge in [-0.3, -0.25) is 0 Å². The molecule has 0 N–H and O–H groups in total. The number of cyclic esters (lactones) is 1. The lowest BCUT2D eigenvalue weighted by Crippen LogP contribution is -2.36. The average Bonchev–Trinajstić information content (AvgIpc) is 2.40. The van der Waals surface area contributed by atoms with Crippen LogP contribution in [0.2, 0.25) is 0 Å². The predicted molar refractivity (Wildman–Crippen MR) is 69.4 cm³/mol. The molecule has 0 spiro atoms. The summed E-state index contributed by atoms with van der Waals surface area (Å²) in [6.07, 6.45) is 0.721. The van der Waals surface area contributed by atoms with Crippen molar-refractivity contribution in [3.05, 3.63) is 71.3 Å². The fourth-order valence-corrected chi connectivity index (χ4v) is 2.48. The van der Waals surface area contributed by atoms with Crippen LogP contribution in [0.1, 0.15) is 28.4 Å². The van der Waals surface area contributed by atoms with Crippen LogP contribution in [0.4, 0.5) is 0 Å². The highest BCUT2D eigenvalue weighted by molar-refractivity contribution is 5.92. The van der Waals surface area contributed by atoms with Crippen molar-refractivity contribution >= 4 is 5.97 Å². The van der Waals surface area contributed by atoms with Gasteiger partial charge in [-0.25, -0.2) is 4.79 Å². The lowest BCUT2D eigenvalue weighted by molar-refractivity contribution is -0.0182. The third-order valence-electron chi connectivity index (χ3n) is 3.47. The summed E-state index contributed by atoms with van der Waals surface area (Å²) >= 11 is 0. The van der Waals surface area contributed by atoms with Crippen molar-refractivity contribution in [2.45, 2.75) is 18.9 Å². The number of hydrogen-bond donors (Lipinski definition) is 0. The van der Waals surface area contributed by atoms with Crippen LogP contribution in [-0.2, 0) is 16.8 Å². The molecule has 18 heavy (non-hydrogen) atoms. The van der Waals surface area contributed by atoms with E-state index in [0.29, 0.717) is 5.56 Å². The zero-order chi connectivity index (χ0) is 12.6. The molecule has 1 unspecified atom stereocenters. The number of benzene rings is 2. The molecule has 0 fully saturated rings. The molecule has 0 bridgehead atoms. The zero-order valence-corrected chi connectivity index (χ0v) is 10.2. The first-order valence-corrected chi connectivity index (χ1v) is 6.06. The molecule has 2 aromatic carbocycles. The quantitative estimate of drug-likeness (QED) is 0.712. The van der Waals surface area contributed by atoms with Crippen LogP contribution in [-0.4, -0.2) is 5.97 Å². The second-order valence-electron chi connectivity index (χ2n) is 4.82. The van der Waals surface area contributed by atoms with Crippen LogP contribution in [0.3, 0.4) is 0 Å². The van der Waals surface area contributed by atoms with Crippen LogP contribution >= 0.6 is 0 Å². The molecular weight excluding hydrogens is 224 g/mol. The highest BCUT2D eigenvalue weighted by atomic mass is 16.6. The minimum atomic E-state index is -0.563. The second kappa shape index (κ2) is 3.98. The molecule has 3 rings (SSSR count). The summed E-state index contributed by atoms with van der Waals surface area (Å²) in [4.78, 5) is 12.1. The van der Waals surface area contributed by atoms with E-state index in [2.05, 4.69) is 0 Å². The minimum Gasteiger partial charge on any atom is -0.451 e. The van der Waals surface area contributed by atoms with Crippen molar-refractivity contribution in [1.82, 2.24) is 0 Å². The number of carbonyl (C=O) groups is 1. The number of ether oxygens (including phenoxy) is 1. The first-order chi connectivity index (χ1) is 8.69. The minimum absolute atomic E-state index is 0.233. The summed E-state index contributed by atoms with van der Waals surface area (Å²) in [6, 6.07) is 17.5. The second-order valence-corrected chi connectivity index (χ2v) is 4.82. The molecule has 0 aromatic heterocycles. The molecule has 1 aliphatic rings. The third kappa shape index (κ3) is 1.70.